The Morgan fingerprint density at radius 2 is 2.12 bits per heavy atom. The van der Waals surface area contributed by atoms with E-state index >= 15 is 0 Å². The number of aliphatic hydroxyl groups is 1. The minimum Gasteiger partial charge on any atom is -0.409 e. The number of amides is 1. The minimum absolute atomic E-state index is 0.118. The predicted octanol–water partition coefficient (Wildman–Crippen LogP) is 0.132. The minimum atomic E-state index is -1.05. The van der Waals surface area contributed by atoms with E-state index < -0.39 is 11.0 Å². The number of β-amino-alcohol motifs (C(OH)–C–C–N with tert-alkyl or cyclic N) is 1. The first-order valence-corrected chi connectivity index (χ1v) is 5.70. The van der Waals surface area contributed by atoms with E-state index in [0.717, 1.165) is 6.42 Å². The molecule has 1 rings (SSSR count). The summed E-state index contributed by atoms with van der Waals surface area (Å²) in [6, 6.07) is 0. The van der Waals surface area contributed by atoms with Crippen molar-refractivity contribution in [3.05, 3.63) is 0 Å². The molecule has 0 aliphatic carbocycles. The third kappa shape index (κ3) is 2.88. The van der Waals surface area contributed by atoms with Gasteiger partial charge >= 0.3 is 0 Å². The van der Waals surface area contributed by atoms with Gasteiger partial charge in [-0.1, -0.05) is 5.16 Å². The summed E-state index contributed by atoms with van der Waals surface area (Å²) in [6.07, 6.45) is 1.44. The lowest BCUT2D eigenvalue weighted by molar-refractivity contribution is -0.143. The standard InChI is InChI=1S/C11H21N3O3/c1-10(2,8(12)13-17)9(15)14-6-4-5-11(3,16)7-14/h16-17H,4-7H2,1-3H3,(H2,12,13). The number of carbonyl (C=O) groups excluding carboxylic acids is 1. The average Bonchev–Trinajstić information content (AvgIpc) is 2.25. The van der Waals surface area contributed by atoms with Crippen LogP contribution in [-0.2, 0) is 4.79 Å². The van der Waals surface area contributed by atoms with Crippen molar-refractivity contribution < 1.29 is 15.1 Å². The van der Waals surface area contributed by atoms with E-state index in [4.69, 9.17) is 10.9 Å². The molecule has 0 radical (unpaired) electrons. The molecule has 6 heteroatoms. The van der Waals surface area contributed by atoms with Crippen molar-refractivity contribution in [2.75, 3.05) is 13.1 Å². The summed E-state index contributed by atoms with van der Waals surface area (Å²) in [4.78, 5) is 13.8. The number of carbonyl (C=O) groups is 1. The van der Waals surface area contributed by atoms with E-state index in [1.165, 1.54) is 0 Å². The third-order valence-corrected chi connectivity index (χ3v) is 3.24. The first kappa shape index (κ1) is 13.8. The van der Waals surface area contributed by atoms with Gasteiger partial charge in [-0.2, -0.15) is 0 Å². The Hall–Kier alpha value is -1.30. The molecule has 1 amide bonds. The molecule has 0 spiro atoms. The van der Waals surface area contributed by atoms with Crippen molar-refractivity contribution in [3.63, 3.8) is 0 Å². The van der Waals surface area contributed by atoms with Crippen LogP contribution in [0.3, 0.4) is 0 Å². The SMILES string of the molecule is CC1(O)CCCN(C(=O)C(C)(C)C(N)=NO)C1. The van der Waals surface area contributed by atoms with Crippen LogP contribution in [0.2, 0.25) is 0 Å². The summed E-state index contributed by atoms with van der Waals surface area (Å²) in [5.41, 5.74) is 3.61. The number of oxime groups is 1. The van der Waals surface area contributed by atoms with Crippen molar-refractivity contribution >= 4 is 11.7 Å². The van der Waals surface area contributed by atoms with Gasteiger partial charge in [-0.25, -0.2) is 0 Å². The van der Waals surface area contributed by atoms with E-state index in [1.807, 2.05) is 0 Å². The summed E-state index contributed by atoms with van der Waals surface area (Å²) < 4.78 is 0. The van der Waals surface area contributed by atoms with Crippen LogP contribution < -0.4 is 5.73 Å². The number of nitrogens with zero attached hydrogens (tertiary/aromatic N) is 2. The van der Waals surface area contributed by atoms with Gasteiger partial charge < -0.3 is 20.9 Å². The fraction of sp³-hybridized carbons (Fsp3) is 0.818. The second-order valence-corrected chi connectivity index (χ2v) is 5.44. The van der Waals surface area contributed by atoms with Gasteiger partial charge in [0.15, 0.2) is 5.84 Å². The molecular formula is C11H21N3O3. The maximum Gasteiger partial charge on any atom is 0.236 e. The smallest absolute Gasteiger partial charge is 0.236 e. The van der Waals surface area contributed by atoms with Crippen LogP contribution in [0, 0.1) is 5.41 Å². The fourth-order valence-electron chi connectivity index (χ4n) is 2.02. The molecule has 1 atom stereocenters. The number of likely N-dealkylation sites (tertiary alicyclic amines) is 1. The summed E-state index contributed by atoms with van der Waals surface area (Å²) in [6.45, 7) is 5.80. The Bertz CT molecular complexity index is 337. The molecule has 0 saturated carbocycles. The second-order valence-electron chi connectivity index (χ2n) is 5.44. The van der Waals surface area contributed by atoms with Gasteiger partial charge in [-0.3, -0.25) is 4.79 Å². The van der Waals surface area contributed by atoms with Gasteiger partial charge in [0.25, 0.3) is 0 Å². The topological polar surface area (TPSA) is 99.2 Å². The van der Waals surface area contributed by atoms with Crippen LogP contribution in [0.5, 0.6) is 0 Å². The highest BCUT2D eigenvalue weighted by Gasteiger charge is 2.40. The number of rotatable bonds is 2. The molecule has 17 heavy (non-hydrogen) atoms. The summed E-state index contributed by atoms with van der Waals surface area (Å²) in [5, 5.41) is 21.5. The van der Waals surface area contributed by atoms with Gasteiger partial charge in [0, 0.05) is 13.1 Å². The van der Waals surface area contributed by atoms with Crippen molar-refractivity contribution in [1.29, 1.82) is 0 Å². The van der Waals surface area contributed by atoms with Gasteiger partial charge in [0.05, 0.1) is 5.60 Å². The lowest BCUT2D eigenvalue weighted by Crippen LogP contribution is -2.54. The second kappa shape index (κ2) is 4.52. The van der Waals surface area contributed by atoms with E-state index in [-0.39, 0.29) is 18.3 Å². The quantitative estimate of drug-likeness (QED) is 0.278. The van der Waals surface area contributed by atoms with Gasteiger partial charge in [-0.05, 0) is 33.6 Å². The highest BCUT2D eigenvalue weighted by atomic mass is 16.4. The zero-order valence-corrected chi connectivity index (χ0v) is 10.6. The Labute approximate surface area is 101 Å². The summed E-state index contributed by atoms with van der Waals surface area (Å²) in [5.74, 6) is -0.347. The average molecular weight is 243 g/mol. The molecule has 1 unspecified atom stereocenters. The number of piperidine rings is 1. The monoisotopic (exact) mass is 243 g/mol. The molecule has 1 aliphatic heterocycles. The molecule has 0 aromatic carbocycles. The van der Waals surface area contributed by atoms with Crippen LogP contribution in [-0.4, -0.2) is 45.6 Å². The highest BCUT2D eigenvalue weighted by molar-refractivity contribution is 6.05. The number of hydrogen-bond donors (Lipinski definition) is 3. The Morgan fingerprint density at radius 3 is 2.59 bits per heavy atom. The third-order valence-electron chi connectivity index (χ3n) is 3.24. The van der Waals surface area contributed by atoms with Crippen LogP contribution in [0.15, 0.2) is 5.16 Å². The van der Waals surface area contributed by atoms with E-state index in [1.54, 1.807) is 25.7 Å². The van der Waals surface area contributed by atoms with Crippen molar-refractivity contribution in [1.82, 2.24) is 4.90 Å². The molecule has 0 aromatic rings. The Balaban J connectivity index is 2.83. The van der Waals surface area contributed by atoms with Crippen LogP contribution in [0.4, 0.5) is 0 Å². The maximum absolute atomic E-state index is 12.3. The molecule has 1 heterocycles. The van der Waals surface area contributed by atoms with E-state index in [0.29, 0.717) is 13.0 Å². The van der Waals surface area contributed by atoms with E-state index in [2.05, 4.69) is 5.16 Å². The lowest BCUT2D eigenvalue weighted by Gasteiger charge is -2.40. The van der Waals surface area contributed by atoms with Crippen molar-refractivity contribution in [3.8, 4) is 0 Å². The number of amidine groups is 1. The molecule has 0 bridgehead atoms. The highest BCUT2D eigenvalue weighted by Crippen LogP contribution is 2.26. The van der Waals surface area contributed by atoms with Crippen LogP contribution in [0.25, 0.3) is 0 Å². The molecular weight excluding hydrogens is 222 g/mol. The molecule has 1 aliphatic rings. The van der Waals surface area contributed by atoms with Crippen LogP contribution in [0.1, 0.15) is 33.6 Å². The Kier molecular flexibility index (Phi) is 3.66. The number of hydrogen-bond acceptors (Lipinski definition) is 4. The van der Waals surface area contributed by atoms with Crippen molar-refractivity contribution in [2.45, 2.75) is 39.2 Å². The first-order valence-electron chi connectivity index (χ1n) is 5.70. The molecule has 6 nitrogen and oxygen atoms in total. The van der Waals surface area contributed by atoms with Crippen LogP contribution >= 0.6 is 0 Å². The molecule has 4 N–H and O–H groups in total. The van der Waals surface area contributed by atoms with Gasteiger partial charge in [0.2, 0.25) is 5.91 Å². The normalized spacial score (nSPS) is 27.1. The zero-order valence-electron chi connectivity index (χ0n) is 10.6. The van der Waals surface area contributed by atoms with Crippen molar-refractivity contribution in [2.24, 2.45) is 16.3 Å². The lowest BCUT2D eigenvalue weighted by atomic mass is 9.87. The van der Waals surface area contributed by atoms with Gasteiger partial charge in [-0.15, -0.1) is 0 Å². The fourth-order valence-corrected chi connectivity index (χ4v) is 2.02. The molecule has 0 aromatic heterocycles. The van der Waals surface area contributed by atoms with E-state index in [9.17, 15) is 9.90 Å². The summed E-state index contributed by atoms with van der Waals surface area (Å²) >= 11 is 0. The zero-order chi connectivity index (χ0) is 13.3. The number of nitrogens with two attached hydrogens (primary N) is 1. The first-order chi connectivity index (χ1) is 7.70. The largest absolute Gasteiger partial charge is 0.409 e. The van der Waals surface area contributed by atoms with Gasteiger partial charge in [0.1, 0.15) is 5.41 Å². The Morgan fingerprint density at radius 1 is 1.53 bits per heavy atom. The molecule has 98 valence electrons. The molecule has 1 fully saturated rings. The summed E-state index contributed by atoms with van der Waals surface area (Å²) in [7, 11) is 0. The molecule has 1 saturated heterocycles. The maximum atomic E-state index is 12.3. The predicted molar refractivity (Wildman–Crippen MR) is 63.6 cm³/mol.